The molecule has 0 amide bonds. The van der Waals surface area contributed by atoms with Crippen molar-refractivity contribution in [1.82, 2.24) is 0 Å². The van der Waals surface area contributed by atoms with E-state index < -0.39 is 5.60 Å². The van der Waals surface area contributed by atoms with Gasteiger partial charge in [0.1, 0.15) is 18.0 Å². The second-order valence-electron chi connectivity index (χ2n) is 5.02. The molecular formula is C16H17Br2NO2. The molecule has 0 fully saturated rings. The van der Waals surface area contributed by atoms with Crippen LogP contribution >= 0.6 is 31.9 Å². The first kappa shape index (κ1) is 16.5. The van der Waals surface area contributed by atoms with Crippen LogP contribution in [0.1, 0.15) is 18.1 Å². The Morgan fingerprint density at radius 3 is 2.24 bits per heavy atom. The van der Waals surface area contributed by atoms with Crippen LogP contribution in [0, 0.1) is 0 Å². The summed E-state index contributed by atoms with van der Waals surface area (Å²) in [6, 6.07) is 13.3. The second-order valence-corrected chi connectivity index (χ2v) is 6.73. The monoisotopic (exact) mass is 413 g/mol. The molecule has 0 heterocycles. The number of ether oxygens (including phenoxy) is 1. The smallest absolute Gasteiger partial charge is 0.147 e. The van der Waals surface area contributed by atoms with Gasteiger partial charge in [-0.2, -0.15) is 0 Å². The van der Waals surface area contributed by atoms with Gasteiger partial charge in [-0.25, -0.2) is 0 Å². The van der Waals surface area contributed by atoms with Gasteiger partial charge in [-0.1, -0.05) is 30.3 Å². The summed E-state index contributed by atoms with van der Waals surface area (Å²) in [6.45, 7) is 2.34. The Hall–Kier alpha value is -0.880. The van der Waals surface area contributed by atoms with Crippen molar-refractivity contribution in [2.24, 2.45) is 5.73 Å². The minimum absolute atomic E-state index is 0.149. The molecule has 0 spiro atoms. The number of benzene rings is 2. The number of halogens is 2. The van der Waals surface area contributed by atoms with Crippen molar-refractivity contribution in [3.05, 3.63) is 62.5 Å². The Morgan fingerprint density at radius 1 is 1.14 bits per heavy atom. The minimum Gasteiger partial charge on any atom is -0.488 e. The van der Waals surface area contributed by atoms with Gasteiger partial charge < -0.3 is 15.6 Å². The number of rotatable bonds is 5. The van der Waals surface area contributed by atoms with E-state index in [0.29, 0.717) is 12.3 Å². The van der Waals surface area contributed by atoms with Gasteiger partial charge in [0.2, 0.25) is 0 Å². The average Bonchev–Trinajstić information content (AvgIpc) is 2.47. The van der Waals surface area contributed by atoms with Crippen LogP contribution in [0.15, 0.2) is 51.4 Å². The lowest BCUT2D eigenvalue weighted by Crippen LogP contribution is -2.29. The molecule has 1 unspecified atom stereocenters. The van der Waals surface area contributed by atoms with Crippen molar-refractivity contribution in [3.63, 3.8) is 0 Å². The van der Waals surface area contributed by atoms with Crippen LogP contribution in [-0.2, 0) is 12.1 Å². The summed E-state index contributed by atoms with van der Waals surface area (Å²) < 4.78 is 7.42. The van der Waals surface area contributed by atoms with Gasteiger partial charge in [0, 0.05) is 6.54 Å². The molecule has 0 radical (unpaired) electrons. The lowest BCUT2D eigenvalue weighted by molar-refractivity contribution is 0.00710. The molecule has 0 saturated heterocycles. The summed E-state index contributed by atoms with van der Waals surface area (Å²) in [4.78, 5) is 0. The number of nitrogens with two attached hydrogens (primary N) is 1. The molecule has 5 heteroatoms. The van der Waals surface area contributed by atoms with E-state index >= 15 is 0 Å². The Morgan fingerprint density at radius 2 is 1.71 bits per heavy atom. The van der Waals surface area contributed by atoms with Gasteiger partial charge in [0.15, 0.2) is 0 Å². The Kier molecular flexibility index (Phi) is 5.43. The van der Waals surface area contributed by atoms with E-state index in [1.54, 1.807) is 6.92 Å². The zero-order chi connectivity index (χ0) is 15.5. The van der Waals surface area contributed by atoms with E-state index in [1.807, 2.05) is 42.5 Å². The standard InChI is InChI=1S/C16H17Br2NO2/c1-16(20,12-5-3-2-4-6-12)10-21-15-13(17)7-11(9-19)8-14(15)18/h2-8,20H,9-10,19H2,1H3. The summed E-state index contributed by atoms with van der Waals surface area (Å²) >= 11 is 6.94. The summed E-state index contributed by atoms with van der Waals surface area (Å²) in [7, 11) is 0. The van der Waals surface area contributed by atoms with Crippen LogP contribution < -0.4 is 10.5 Å². The highest BCUT2D eigenvalue weighted by molar-refractivity contribution is 9.11. The highest BCUT2D eigenvalue weighted by Crippen LogP contribution is 2.36. The van der Waals surface area contributed by atoms with E-state index in [9.17, 15) is 5.11 Å². The minimum atomic E-state index is -1.06. The molecule has 0 aliphatic rings. The lowest BCUT2D eigenvalue weighted by Gasteiger charge is -2.25. The Labute approximate surface area is 141 Å². The van der Waals surface area contributed by atoms with Crippen molar-refractivity contribution in [2.75, 3.05) is 6.61 Å². The van der Waals surface area contributed by atoms with Crippen LogP contribution in [0.25, 0.3) is 0 Å². The van der Waals surface area contributed by atoms with Crippen molar-refractivity contribution < 1.29 is 9.84 Å². The molecule has 0 aliphatic heterocycles. The van der Waals surface area contributed by atoms with Crippen LogP contribution in [-0.4, -0.2) is 11.7 Å². The van der Waals surface area contributed by atoms with Crippen LogP contribution in [0.3, 0.4) is 0 Å². The van der Waals surface area contributed by atoms with Crippen molar-refractivity contribution >= 4 is 31.9 Å². The largest absolute Gasteiger partial charge is 0.488 e. The maximum Gasteiger partial charge on any atom is 0.147 e. The highest BCUT2D eigenvalue weighted by Gasteiger charge is 2.24. The molecule has 2 aromatic carbocycles. The van der Waals surface area contributed by atoms with Crippen molar-refractivity contribution in [1.29, 1.82) is 0 Å². The topological polar surface area (TPSA) is 55.5 Å². The summed E-state index contributed by atoms with van der Waals surface area (Å²) in [5.41, 5.74) is 6.38. The SMILES string of the molecule is CC(O)(COc1c(Br)cc(CN)cc1Br)c1ccccc1. The molecule has 21 heavy (non-hydrogen) atoms. The molecule has 3 N–H and O–H groups in total. The van der Waals surface area contributed by atoms with E-state index in [1.165, 1.54) is 0 Å². The number of hydrogen-bond donors (Lipinski definition) is 2. The predicted molar refractivity (Wildman–Crippen MR) is 91.2 cm³/mol. The number of hydrogen-bond acceptors (Lipinski definition) is 3. The molecule has 2 aromatic rings. The molecule has 1 atom stereocenters. The zero-order valence-corrected chi connectivity index (χ0v) is 14.8. The molecule has 112 valence electrons. The third-order valence-electron chi connectivity index (χ3n) is 3.19. The normalized spacial score (nSPS) is 13.8. The van der Waals surface area contributed by atoms with Gasteiger partial charge in [0.05, 0.1) is 8.95 Å². The zero-order valence-electron chi connectivity index (χ0n) is 11.6. The first-order chi connectivity index (χ1) is 9.94. The van der Waals surface area contributed by atoms with Crippen molar-refractivity contribution in [3.8, 4) is 5.75 Å². The average molecular weight is 415 g/mol. The number of aliphatic hydroxyl groups is 1. The third kappa shape index (κ3) is 4.07. The fourth-order valence-electron chi connectivity index (χ4n) is 1.96. The van der Waals surface area contributed by atoms with E-state index in [0.717, 1.165) is 20.1 Å². The molecular weight excluding hydrogens is 398 g/mol. The maximum absolute atomic E-state index is 10.6. The fourth-order valence-corrected chi connectivity index (χ4v) is 3.47. The van der Waals surface area contributed by atoms with Crippen molar-refractivity contribution in [2.45, 2.75) is 19.1 Å². The molecule has 0 aliphatic carbocycles. The Balaban J connectivity index is 2.17. The second kappa shape index (κ2) is 6.92. The molecule has 2 rings (SSSR count). The van der Waals surface area contributed by atoms with Gasteiger partial charge in [-0.05, 0) is 62.0 Å². The quantitative estimate of drug-likeness (QED) is 0.778. The third-order valence-corrected chi connectivity index (χ3v) is 4.37. The maximum atomic E-state index is 10.6. The molecule has 0 saturated carbocycles. The van der Waals surface area contributed by atoms with Gasteiger partial charge in [-0.3, -0.25) is 0 Å². The highest BCUT2D eigenvalue weighted by atomic mass is 79.9. The van der Waals surface area contributed by atoms with Crippen LogP contribution in [0.2, 0.25) is 0 Å². The van der Waals surface area contributed by atoms with Gasteiger partial charge in [-0.15, -0.1) is 0 Å². The first-order valence-electron chi connectivity index (χ1n) is 6.53. The first-order valence-corrected chi connectivity index (χ1v) is 8.11. The summed E-state index contributed by atoms with van der Waals surface area (Å²) in [5, 5.41) is 10.6. The summed E-state index contributed by atoms with van der Waals surface area (Å²) in [5.74, 6) is 0.656. The van der Waals surface area contributed by atoms with Crippen LogP contribution in [0.4, 0.5) is 0 Å². The van der Waals surface area contributed by atoms with Gasteiger partial charge >= 0.3 is 0 Å². The van der Waals surface area contributed by atoms with Gasteiger partial charge in [0.25, 0.3) is 0 Å². The fraction of sp³-hybridized carbons (Fsp3) is 0.250. The Bertz CT molecular complexity index is 592. The molecule has 0 bridgehead atoms. The molecule has 0 aromatic heterocycles. The predicted octanol–water partition coefficient (Wildman–Crippen LogP) is 3.96. The van der Waals surface area contributed by atoms with E-state index in [-0.39, 0.29) is 6.61 Å². The van der Waals surface area contributed by atoms with E-state index in [2.05, 4.69) is 31.9 Å². The molecule has 3 nitrogen and oxygen atoms in total. The van der Waals surface area contributed by atoms with E-state index in [4.69, 9.17) is 10.5 Å². The summed E-state index contributed by atoms with van der Waals surface area (Å²) in [6.07, 6.45) is 0. The lowest BCUT2D eigenvalue weighted by atomic mass is 9.97. The van der Waals surface area contributed by atoms with Crippen LogP contribution in [0.5, 0.6) is 5.75 Å².